The third-order valence-corrected chi connectivity index (χ3v) is 4.66. The lowest BCUT2D eigenvalue weighted by Gasteiger charge is -2.04. The fourth-order valence-electron chi connectivity index (χ4n) is 2.15. The molecule has 0 aliphatic heterocycles. The van der Waals surface area contributed by atoms with Crippen LogP contribution in [0.1, 0.15) is 10.6 Å². The Bertz CT molecular complexity index is 827. The van der Waals surface area contributed by atoms with E-state index in [0.717, 1.165) is 26.4 Å². The minimum Gasteiger partial charge on any atom is -0.326 e. The molecule has 0 saturated carbocycles. The van der Waals surface area contributed by atoms with Crippen LogP contribution < -0.4 is 5.32 Å². The van der Waals surface area contributed by atoms with Crippen molar-refractivity contribution in [1.82, 2.24) is 4.98 Å². The summed E-state index contributed by atoms with van der Waals surface area (Å²) in [7, 11) is 0. The Labute approximate surface area is 147 Å². The highest BCUT2D eigenvalue weighted by molar-refractivity contribution is 9.10. The maximum atomic E-state index is 12.1. The van der Waals surface area contributed by atoms with Gasteiger partial charge in [-0.05, 0) is 31.2 Å². The maximum absolute atomic E-state index is 12.1. The van der Waals surface area contributed by atoms with Gasteiger partial charge in [-0.2, -0.15) is 0 Å². The third kappa shape index (κ3) is 4.27. The van der Waals surface area contributed by atoms with E-state index in [9.17, 15) is 4.79 Å². The SMILES string of the molecule is Cc1ccc(NC(=O)Cc2nc(-c3cccc(Br)c3)cs2)cc1. The number of carbonyl (C=O) groups is 1. The first-order valence-corrected chi connectivity index (χ1v) is 8.84. The van der Waals surface area contributed by atoms with Crippen molar-refractivity contribution in [2.45, 2.75) is 13.3 Å². The van der Waals surface area contributed by atoms with Gasteiger partial charge in [0.1, 0.15) is 5.01 Å². The van der Waals surface area contributed by atoms with Crippen molar-refractivity contribution in [3.8, 4) is 11.3 Å². The number of carbonyl (C=O) groups excluding carboxylic acids is 1. The van der Waals surface area contributed by atoms with Crippen LogP contribution >= 0.6 is 27.3 Å². The van der Waals surface area contributed by atoms with Crippen molar-refractivity contribution in [2.24, 2.45) is 0 Å². The monoisotopic (exact) mass is 386 g/mol. The van der Waals surface area contributed by atoms with Crippen molar-refractivity contribution in [2.75, 3.05) is 5.32 Å². The molecule has 116 valence electrons. The molecule has 2 aromatic carbocycles. The average Bonchev–Trinajstić information content (AvgIpc) is 2.98. The van der Waals surface area contributed by atoms with Crippen LogP contribution in [-0.4, -0.2) is 10.9 Å². The van der Waals surface area contributed by atoms with Gasteiger partial charge >= 0.3 is 0 Å². The zero-order valence-corrected chi connectivity index (χ0v) is 14.9. The molecule has 0 spiro atoms. The van der Waals surface area contributed by atoms with Crippen molar-refractivity contribution in [3.05, 3.63) is 69.0 Å². The molecule has 23 heavy (non-hydrogen) atoms. The number of anilines is 1. The van der Waals surface area contributed by atoms with Gasteiger partial charge in [0.2, 0.25) is 5.91 Å². The normalized spacial score (nSPS) is 10.5. The fraction of sp³-hybridized carbons (Fsp3) is 0.111. The number of hydrogen-bond donors (Lipinski definition) is 1. The van der Waals surface area contributed by atoms with Gasteiger partial charge in [0, 0.05) is 21.1 Å². The Kier molecular flexibility index (Phi) is 4.88. The molecule has 0 bridgehead atoms. The van der Waals surface area contributed by atoms with Crippen molar-refractivity contribution in [1.29, 1.82) is 0 Å². The van der Waals surface area contributed by atoms with Crippen LogP contribution in [0, 0.1) is 6.92 Å². The topological polar surface area (TPSA) is 42.0 Å². The summed E-state index contributed by atoms with van der Waals surface area (Å²) >= 11 is 4.96. The number of aromatic nitrogens is 1. The van der Waals surface area contributed by atoms with Gasteiger partial charge in [0.05, 0.1) is 12.1 Å². The molecule has 1 amide bonds. The largest absolute Gasteiger partial charge is 0.326 e. The summed E-state index contributed by atoms with van der Waals surface area (Å²) in [4.78, 5) is 16.7. The van der Waals surface area contributed by atoms with E-state index in [-0.39, 0.29) is 12.3 Å². The predicted molar refractivity (Wildman–Crippen MR) is 98.8 cm³/mol. The first kappa shape index (κ1) is 15.9. The predicted octanol–water partition coefficient (Wildman–Crippen LogP) is 5.06. The molecular weight excluding hydrogens is 372 g/mol. The number of nitrogens with zero attached hydrogens (tertiary/aromatic N) is 1. The molecule has 0 aliphatic carbocycles. The van der Waals surface area contributed by atoms with Crippen molar-refractivity contribution < 1.29 is 4.79 Å². The lowest BCUT2D eigenvalue weighted by molar-refractivity contribution is -0.115. The third-order valence-electron chi connectivity index (χ3n) is 3.32. The molecule has 1 N–H and O–H groups in total. The summed E-state index contributed by atoms with van der Waals surface area (Å²) in [6.45, 7) is 2.02. The van der Waals surface area contributed by atoms with E-state index in [4.69, 9.17) is 0 Å². The molecule has 0 saturated heterocycles. The minimum atomic E-state index is -0.0519. The molecule has 3 rings (SSSR count). The van der Waals surface area contributed by atoms with E-state index >= 15 is 0 Å². The second-order valence-electron chi connectivity index (χ2n) is 5.23. The first-order chi connectivity index (χ1) is 11.1. The number of nitrogens with one attached hydrogen (secondary N) is 1. The van der Waals surface area contributed by atoms with Crippen molar-refractivity contribution in [3.63, 3.8) is 0 Å². The van der Waals surface area contributed by atoms with Gasteiger partial charge in [0.15, 0.2) is 0 Å². The standard InChI is InChI=1S/C18H15BrN2OS/c1-12-5-7-15(8-6-12)20-17(22)10-18-21-16(11-23-18)13-3-2-4-14(19)9-13/h2-9,11H,10H2,1H3,(H,20,22). The molecule has 3 aromatic rings. The van der Waals surface area contributed by atoms with Crippen LogP contribution in [0.2, 0.25) is 0 Å². The van der Waals surface area contributed by atoms with Crippen molar-refractivity contribution >= 4 is 38.9 Å². The van der Waals surface area contributed by atoms with E-state index < -0.39 is 0 Å². The smallest absolute Gasteiger partial charge is 0.231 e. The Balaban J connectivity index is 1.66. The molecule has 5 heteroatoms. The molecule has 0 atom stereocenters. The Morgan fingerprint density at radius 3 is 2.74 bits per heavy atom. The van der Waals surface area contributed by atoms with Gasteiger partial charge in [0.25, 0.3) is 0 Å². The fourth-order valence-corrected chi connectivity index (χ4v) is 3.35. The number of halogens is 1. The molecule has 0 unspecified atom stereocenters. The molecule has 0 radical (unpaired) electrons. The van der Waals surface area contributed by atoms with E-state index in [2.05, 4.69) is 26.2 Å². The highest BCUT2D eigenvalue weighted by atomic mass is 79.9. The van der Waals surface area contributed by atoms with Gasteiger partial charge in [-0.1, -0.05) is 45.8 Å². The van der Waals surface area contributed by atoms with Crippen LogP contribution in [0.4, 0.5) is 5.69 Å². The number of rotatable bonds is 4. The summed E-state index contributed by atoms with van der Waals surface area (Å²) < 4.78 is 1.02. The summed E-state index contributed by atoms with van der Waals surface area (Å²) in [6, 6.07) is 15.7. The molecule has 0 aliphatic rings. The van der Waals surface area contributed by atoms with E-state index in [0.29, 0.717) is 0 Å². The van der Waals surface area contributed by atoms with Crippen LogP contribution in [0.5, 0.6) is 0 Å². The number of amides is 1. The highest BCUT2D eigenvalue weighted by Crippen LogP contribution is 2.25. The number of benzene rings is 2. The van der Waals surface area contributed by atoms with Gasteiger partial charge in [-0.25, -0.2) is 4.98 Å². The van der Waals surface area contributed by atoms with E-state index in [1.165, 1.54) is 16.9 Å². The van der Waals surface area contributed by atoms with Gasteiger partial charge in [-0.15, -0.1) is 11.3 Å². The van der Waals surface area contributed by atoms with Gasteiger partial charge < -0.3 is 5.32 Å². The summed E-state index contributed by atoms with van der Waals surface area (Å²) in [6.07, 6.45) is 0.284. The molecular formula is C18H15BrN2OS. The van der Waals surface area contributed by atoms with Crippen LogP contribution in [0.3, 0.4) is 0 Å². The van der Waals surface area contributed by atoms with E-state index in [1.807, 2.05) is 60.8 Å². The second kappa shape index (κ2) is 7.06. The average molecular weight is 387 g/mol. The lowest BCUT2D eigenvalue weighted by Crippen LogP contribution is -2.14. The summed E-state index contributed by atoms with van der Waals surface area (Å²) in [5, 5.41) is 5.69. The molecule has 0 fully saturated rings. The number of hydrogen-bond acceptors (Lipinski definition) is 3. The molecule has 1 aromatic heterocycles. The zero-order valence-electron chi connectivity index (χ0n) is 12.5. The lowest BCUT2D eigenvalue weighted by atomic mass is 10.2. The quantitative estimate of drug-likeness (QED) is 0.680. The van der Waals surface area contributed by atoms with Gasteiger partial charge in [-0.3, -0.25) is 4.79 Å². The van der Waals surface area contributed by atoms with Crippen LogP contribution in [0.15, 0.2) is 58.4 Å². The number of aryl methyl sites for hydroxylation is 1. The molecule has 1 heterocycles. The second-order valence-corrected chi connectivity index (χ2v) is 7.09. The first-order valence-electron chi connectivity index (χ1n) is 7.17. The number of thiazole rings is 1. The Morgan fingerprint density at radius 2 is 2.00 bits per heavy atom. The Hall–Kier alpha value is -1.98. The zero-order chi connectivity index (χ0) is 16.2. The minimum absolute atomic E-state index is 0.0519. The summed E-state index contributed by atoms with van der Waals surface area (Å²) in [5.74, 6) is -0.0519. The Morgan fingerprint density at radius 1 is 1.22 bits per heavy atom. The van der Waals surface area contributed by atoms with Crippen LogP contribution in [0.25, 0.3) is 11.3 Å². The van der Waals surface area contributed by atoms with Crippen LogP contribution in [-0.2, 0) is 11.2 Å². The maximum Gasteiger partial charge on any atom is 0.231 e. The molecule has 3 nitrogen and oxygen atoms in total. The highest BCUT2D eigenvalue weighted by Gasteiger charge is 2.09. The summed E-state index contributed by atoms with van der Waals surface area (Å²) in [5.41, 5.74) is 3.92. The van der Waals surface area contributed by atoms with E-state index in [1.54, 1.807) is 0 Å².